The van der Waals surface area contributed by atoms with Gasteiger partial charge in [-0.1, -0.05) is 45.2 Å². The Hall–Kier alpha value is -0.830. The number of nitrogens with one attached hydrogen (secondary N) is 1. The van der Waals surface area contributed by atoms with E-state index < -0.39 is 0 Å². The topological polar surface area (TPSA) is 37.8 Å². The van der Waals surface area contributed by atoms with Crippen molar-refractivity contribution in [1.29, 1.82) is 0 Å². The van der Waals surface area contributed by atoms with Crippen LogP contribution in [0.2, 0.25) is 5.15 Å². The van der Waals surface area contributed by atoms with Crippen LogP contribution < -0.4 is 5.32 Å². The molecule has 0 aliphatic heterocycles. The fraction of sp³-hybridized carbons (Fsp3) is 0.733. The minimum absolute atomic E-state index is 0.520. The molecule has 3 unspecified atom stereocenters. The van der Waals surface area contributed by atoms with Gasteiger partial charge in [-0.3, -0.25) is 0 Å². The molecule has 0 radical (unpaired) electrons. The number of nitrogens with zero attached hydrogens (tertiary/aromatic N) is 2. The molecule has 106 valence electrons. The lowest BCUT2D eigenvalue weighted by Crippen LogP contribution is -2.26. The smallest absolute Gasteiger partial charge is 0.137 e. The molecule has 1 aliphatic rings. The summed E-state index contributed by atoms with van der Waals surface area (Å²) in [5.41, 5.74) is 1.07. The van der Waals surface area contributed by atoms with Crippen molar-refractivity contribution in [3.05, 3.63) is 17.0 Å². The van der Waals surface area contributed by atoms with Crippen molar-refractivity contribution in [3.8, 4) is 0 Å². The maximum atomic E-state index is 6.19. The minimum atomic E-state index is 0.520. The summed E-state index contributed by atoms with van der Waals surface area (Å²) in [5, 5.41) is 4.21. The summed E-state index contributed by atoms with van der Waals surface area (Å²) in [6.45, 7) is 6.78. The number of anilines is 1. The Morgan fingerprint density at radius 3 is 2.74 bits per heavy atom. The fourth-order valence-corrected chi connectivity index (χ4v) is 3.42. The van der Waals surface area contributed by atoms with Crippen molar-refractivity contribution in [1.82, 2.24) is 9.97 Å². The minimum Gasteiger partial charge on any atom is -0.367 e. The average Bonchev–Trinajstić information content (AvgIpc) is 2.75. The van der Waals surface area contributed by atoms with Crippen LogP contribution in [0.3, 0.4) is 0 Å². The van der Waals surface area contributed by atoms with Gasteiger partial charge in [0.1, 0.15) is 17.3 Å². The lowest BCUT2D eigenvalue weighted by Gasteiger charge is -2.22. The monoisotopic (exact) mass is 281 g/mol. The predicted octanol–water partition coefficient (Wildman–Crippen LogP) is 4.32. The predicted molar refractivity (Wildman–Crippen MR) is 80.6 cm³/mol. The Morgan fingerprint density at radius 2 is 2.11 bits per heavy atom. The first kappa shape index (κ1) is 14.6. The molecule has 1 heterocycles. The maximum Gasteiger partial charge on any atom is 0.137 e. The number of aromatic nitrogens is 2. The fourth-order valence-electron chi connectivity index (χ4n) is 3.19. The van der Waals surface area contributed by atoms with Crippen molar-refractivity contribution >= 4 is 17.4 Å². The van der Waals surface area contributed by atoms with E-state index in [9.17, 15) is 0 Å². The zero-order valence-corrected chi connectivity index (χ0v) is 12.9. The third-order valence-electron chi connectivity index (χ3n) is 4.47. The number of rotatable bonds is 5. The van der Waals surface area contributed by atoms with Crippen LogP contribution in [0.1, 0.15) is 52.0 Å². The Labute approximate surface area is 121 Å². The van der Waals surface area contributed by atoms with Crippen LogP contribution in [0.4, 0.5) is 5.82 Å². The van der Waals surface area contributed by atoms with Crippen molar-refractivity contribution in [3.63, 3.8) is 0 Å². The van der Waals surface area contributed by atoms with Crippen LogP contribution in [0.15, 0.2) is 6.33 Å². The Kier molecular flexibility index (Phi) is 5.03. The molecule has 3 nitrogen and oxygen atoms in total. The molecular formula is C15H24ClN3. The van der Waals surface area contributed by atoms with E-state index in [0.717, 1.165) is 30.1 Å². The van der Waals surface area contributed by atoms with Gasteiger partial charge in [-0.05, 0) is 31.1 Å². The van der Waals surface area contributed by atoms with E-state index in [-0.39, 0.29) is 0 Å². The van der Waals surface area contributed by atoms with Crippen LogP contribution in [0.25, 0.3) is 0 Å². The van der Waals surface area contributed by atoms with Crippen LogP contribution in [-0.2, 0) is 6.42 Å². The van der Waals surface area contributed by atoms with E-state index in [1.165, 1.54) is 19.3 Å². The molecule has 0 amide bonds. The van der Waals surface area contributed by atoms with Crippen LogP contribution in [0, 0.1) is 11.8 Å². The molecular weight excluding hydrogens is 258 g/mol. The van der Waals surface area contributed by atoms with Crippen LogP contribution in [-0.4, -0.2) is 16.0 Å². The zero-order valence-electron chi connectivity index (χ0n) is 12.1. The molecule has 19 heavy (non-hydrogen) atoms. The third kappa shape index (κ3) is 3.19. The molecule has 3 atom stereocenters. The van der Waals surface area contributed by atoms with Gasteiger partial charge in [-0.2, -0.15) is 0 Å². The van der Waals surface area contributed by atoms with Gasteiger partial charge >= 0.3 is 0 Å². The summed E-state index contributed by atoms with van der Waals surface area (Å²) in [7, 11) is 0. The second-order valence-electron chi connectivity index (χ2n) is 5.60. The highest BCUT2D eigenvalue weighted by molar-refractivity contribution is 6.30. The molecule has 0 saturated heterocycles. The molecule has 0 spiro atoms. The molecule has 1 N–H and O–H groups in total. The maximum absolute atomic E-state index is 6.19. The van der Waals surface area contributed by atoms with Gasteiger partial charge in [-0.25, -0.2) is 9.97 Å². The summed E-state index contributed by atoms with van der Waals surface area (Å²) >= 11 is 6.19. The first-order valence-electron chi connectivity index (χ1n) is 7.43. The van der Waals surface area contributed by atoms with E-state index in [4.69, 9.17) is 11.6 Å². The van der Waals surface area contributed by atoms with Gasteiger partial charge in [0.25, 0.3) is 0 Å². The molecule has 0 bridgehead atoms. The molecule has 2 rings (SSSR count). The second kappa shape index (κ2) is 6.56. The molecule has 0 aromatic carbocycles. The van der Waals surface area contributed by atoms with Crippen molar-refractivity contribution in [2.75, 3.05) is 5.32 Å². The van der Waals surface area contributed by atoms with Gasteiger partial charge in [0.05, 0.1) is 0 Å². The van der Waals surface area contributed by atoms with E-state index >= 15 is 0 Å². The van der Waals surface area contributed by atoms with Gasteiger partial charge in [0, 0.05) is 11.6 Å². The summed E-state index contributed by atoms with van der Waals surface area (Å²) < 4.78 is 0. The van der Waals surface area contributed by atoms with E-state index in [1.54, 1.807) is 6.33 Å². The lowest BCUT2D eigenvalue weighted by molar-refractivity contribution is 0.391. The number of halogens is 1. The van der Waals surface area contributed by atoms with Crippen molar-refractivity contribution in [2.45, 2.75) is 58.9 Å². The van der Waals surface area contributed by atoms with E-state index in [1.807, 2.05) is 0 Å². The van der Waals surface area contributed by atoms with Gasteiger partial charge in [0.2, 0.25) is 0 Å². The third-order valence-corrected chi connectivity index (χ3v) is 4.79. The van der Waals surface area contributed by atoms with E-state index in [2.05, 4.69) is 36.1 Å². The highest BCUT2D eigenvalue weighted by Crippen LogP contribution is 2.36. The molecule has 1 aromatic rings. The summed E-state index contributed by atoms with van der Waals surface area (Å²) in [4.78, 5) is 8.50. The Bertz CT molecular complexity index is 422. The highest BCUT2D eigenvalue weighted by Gasteiger charge is 2.32. The van der Waals surface area contributed by atoms with Crippen LogP contribution >= 0.6 is 11.6 Å². The second-order valence-corrected chi connectivity index (χ2v) is 5.96. The molecule has 1 fully saturated rings. The van der Waals surface area contributed by atoms with Gasteiger partial charge in [0.15, 0.2) is 0 Å². The lowest BCUT2D eigenvalue weighted by atomic mass is 9.93. The summed E-state index contributed by atoms with van der Waals surface area (Å²) in [6.07, 6.45) is 7.36. The largest absolute Gasteiger partial charge is 0.367 e. The Morgan fingerprint density at radius 1 is 1.32 bits per heavy atom. The zero-order chi connectivity index (χ0) is 13.8. The van der Waals surface area contributed by atoms with Crippen LogP contribution in [0.5, 0.6) is 0 Å². The molecule has 1 aromatic heterocycles. The average molecular weight is 282 g/mol. The van der Waals surface area contributed by atoms with Gasteiger partial charge in [-0.15, -0.1) is 0 Å². The normalized spacial score (nSPS) is 26.6. The molecule has 1 aliphatic carbocycles. The summed E-state index contributed by atoms with van der Waals surface area (Å²) in [5.74, 6) is 2.48. The SMILES string of the molecule is CCCc1c(Cl)ncnc1NC1CCC(CC)C1C. The molecule has 1 saturated carbocycles. The highest BCUT2D eigenvalue weighted by atomic mass is 35.5. The summed E-state index contributed by atoms with van der Waals surface area (Å²) in [6, 6.07) is 0.520. The molecule has 4 heteroatoms. The van der Waals surface area contributed by atoms with Crippen molar-refractivity contribution < 1.29 is 0 Å². The Balaban J connectivity index is 2.13. The number of hydrogen-bond acceptors (Lipinski definition) is 3. The van der Waals surface area contributed by atoms with Crippen molar-refractivity contribution in [2.24, 2.45) is 11.8 Å². The number of hydrogen-bond donors (Lipinski definition) is 1. The quantitative estimate of drug-likeness (QED) is 0.817. The van der Waals surface area contributed by atoms with E-state index in [0.29, 0.717) is 17.1 Å². The standard InChI is InChI=1S/C15H24ClN3/c1-4-6-12-14(16)17-9-18-15(12)19-13-8-7-11(5-2)10(13)3/h9-11,13H,4-8H2,1-3H3,(H,17,18,19). The first-order chi connectivity index (χ1) is 9.17. The first-order valence-corrected chi connectivity index (χ1v) is 7.81. The van der Waals surface area contributed by atoms with Gasteiger partial charge < -0.3 is 5.32 Å².